The van der Waals surface area contributed by atoms with Gasteiger partial charge in [0.2, 0.25) is 5.75 Å². The second kappa shape index (κ2) is 11.5. The van der Waals surface area contributed by atoms with Crippen LogP contribution in [0.5, 0.6) is 17.2 Å². The van der Waals surface area contributed by atoms with E-state index in [4.69, 9.17) is 9.47 Å². The molecule has 0 radical (unpaired) electrons. The van der Waals surface area contributed by atoms with Gasteiger partial charge in [0, 0.05) is 16.1 Å². The lowest BCUT2D eigenvalue weighted by atomic mass is 10.2. The summed E-state index contributed by atoms with van der Waals surface area (Å²) in [5.41, 5.74) is 2.36. The van der Waals surface area contributed by atoms with Crippen LogP contribution in [0.3, 0.4) is 0 Å². The lowest BCUT2D eigenvalue weighted by Gasteiger charge is -2.14. The third-order valence-corrected chi connectivity index (χ3v) is 5.44. The molecule has 0 fully saturated rings. The minimum absolute atomic E-state index is 0.124. The second-order valence-corrected chi connectivity index (χ2v) is 8.51. The van der Waals surface area contributed by atoms with Gasteiger partial charge in [-0.15, -0.1) is 0 Å². The standard InChI is InChI=1S/C22H16Br2N4O7/c1-2-34-20-9-13(12-25-26-22(29)14-4-3-5-15(23)10-14)8-17(24)21(20)35-19-7-6-16(27(30)31)11-18(19)28(32)33/h3-12H,2H2,1H3,(H,26,29)/b25-12-. The lowest BCUT2D eigenvalue weighted by molar-refractivity contribution is -0.394. The Balaban J connectivity index is 1.87. The highest BCUT2D eigenvalue weighted by Crippen LogP contribution is 2.42. The highest BCUT2D eigenvalue weighted by molar-refractivity contribution is 9.10. The van der Waals surface area contributed by atoms with Gasteiger partial charge in [-0.3, -0.25) is 25.0 Å². The number of halogens is 2. The zero-order valence-electron chi connectivity index (χ0n) is 17.9. The first-order valence-electron chi connectivity index (χ1n) is 9.85. The summed E-state index contributed by atoms with van der Waals surface area (Å²) in [6, 6.07) is 13.0. The number of carbonyl (C=O) groups excluding carboxylic acids is 1. The van der Waals surface area contributed by atoms with E-state index in [0.717, 1.165) is 22.7 Å². The predicted octanol–water partition coefficient (Wildman–Crippen LogP) is 5.98. The molecular formula is C22H16Br2N4O7. The number of rotatable bonds is 9. The van der Waals surface area contributed by atoms with E-state index in [2.05, 4.69) is 42.4 Å². The average molecular weight is 608 g/mol. The van der Waals surface area contributed by atoms with Crippen molar-refractivity contribution in [2.75, 3.05) is 6.61 Å². The fraction of sp³-hybridized carbons (Fsp3) is 0.0909. The number of nitrogens with zero attached hydrogens (tertiary/aromatic N) is 3. The first kappa shape index (κ1) is 25.8. The maximum Gasteiger partial charge on any atom is 0.318 e. The quantitative estimate of drug-likeness (QED) is 0.179. The van der Waals surface area contributed by atoms with Crippen LogP contribution in [0.25, 0.3) is 0 Å². The molecule has 35 heavy (non-hydrogen) atoms. The van der Waals surface area contributed by atoms with E-state index in [1.807, 2.05) is 0 Å². The number of amides is 1. The molecular weight excluding hydrogens is 592 g/mol. The van der Waals surface area contributed by atoms with Gasteiger partial charge in [0.1, 0.15) is 0 Å². The summed E-state index contributed by atoms with van der Waals surface area (Å²) in [6.07, 6.45) is 1.39. The highest BCUT2D eigenvalue weighted by Gasteiger charge is 2.23. The first-order chi connectivity index (χ1) is 16.7. The summed E-state index contributed by atoms with van der Waals surface area (Å²) < 4.78 is 12.5. The van der Waals surface area contributed by atoms with Crippen LogP contribution in [0, 0.1) is 20.2 Å². The zero-order valence-corrected chi connectivity index (χ0v) is 21.1. The molecule has 0 aliphatic heterocycles. The number of nitro benzene ring substituents is 2. The van der Waals surface area contributed by atoms with Crippen LogP contribution in [-0.2, 0) is 0 Å². The number of nitro groups is 2. The Bertz CT molecular complexity index is 1330. The Morgan fingerprint density at radius 1 is 1.06 bits per heavy atom. The van der Waals surface area contributed by atoms with Crippen molar-refractivity contribution >= 4 is 55.4 Å². The van der Waals surface area contributed by atoms with Gasteiger partial charge in [0.25, 0.3) is 11.6 Å². The van der Waals surface area contributed by atoms with Crippen LogP contribution >= 0.6 is 31.9 Å². The molecule has 0 aliphatic carbocycles. The third kappa shape index (κ3) is 6.61. The van der Waals surface area contributed by atoms with Gasteiger partial charge in [-0.05, 0) is 64.8 Å². The van der Waals surface area contributed by atoms with Gasteiger partial charge in [0.05, 0.1) is 33.2 Å². The average Bonchev–Trinajstić information content (AvgIpc) is 2.81. The Kier molecular flexibility index (Phi) is 8.49. The summed E-state index contributed by atoms with van der Waals surface area (Å²) >= 11 is 6.65. The number of hydrogen-bond donors (Lipinski definition) is 1. The van der Waals surface area contributed by atoms with E-state index < -0.39 is 27.1 Å². The molecule has 13 heteroatoms. The second-order valence-electron chi connectivity index (χ2n) is 6.74. The van der Waals surface area contributed by atoms with Gasteiger partial charge in [-0.25, -0.2) is 5.43 Å². The van der Waals surface area contributed by atoms with E-state index in [9.17, 15) is 25.0 Å². The Morgan fingerprint density at radius 2 is 1.83 bits per heavy atom. The van der Waals surface area contributed by atoms with Crippen molar-refractivity contribution in [3.05, 3.63) is 94.9 Å². The SMILES string of the molecule is CCOc1cc(/C=N\NC(=O)c2cccc(Br)c2)cc(Br)c1Oc1ccc([N+](=O)[O-])cc1[N+](=O)[O-]. The van der Waals surface area contributed by atoms with Gasteiger partial charge in [-0.1, -0.05) is 22.0 Å². The van der Waals surface area contributed by atoms with E-state index in [1.165, 1.54) is 6.21 Å². The predicted molar refractivity (Wildman–Crippen MR) is 134 cm³/mol. The fourth-order valence-corrected chi connectivity index (χ4v) is 3.78. The largest absolute Gasteiger partial charge is 0.490 e. The fourth-order valence-electron chi connectivity index (χ4n) is 2.84. The normalized spacial score (nSPS) is 10.7. The van der Waals surface area contributed by atoms with Crippen molar-refractivity contribution in [1.82, 2.24) is 5.43 Å². The summed E-state index contributed by atoms with van der Waals surface area (Å²) in [5.74, 6) is -0.254. The summed E-state index contributed by atoms with van der Waals surface area (Å²) in [5, 5.41) is 26.4. The maximum absolute atomic E-state index is 12.2. The number of hydrazone groups is 1. The topological polar surface area (TPSA) is 146 Å². The molecule has 0 bridgehead atoms. The monoisotopic (exact) mass is 606 g/mol. The van der Waals surface area contributed by atoms with Gasteiger partial charge in [0.15, 0.2) is 11.5 Å². The molecule has 180 valence electrons. The number of nitrogens with one attached hydrogen (secondary N) is 1. The minimum Gasteiger partial charge on any atom is -0.490 e. The summed E-state index contributed by atoms with van der Waals surface area (Å²) in [4.78, 5) is 33.1. The van der Waals surface area contributed by atoms with Crippen molar-refractivity contribution in [2.45, 2.75) is 6.92 Å². The molecule has 0 aliphatic rings. The molecule has 3 aromatic rings. The van der Waals surface area contributed by atoms with E-state index in [0.29, 0.717) is 15.6 Å². The molecule has 11 nitrogen and oxygen atoms in total. The summed E-state index contributed by atoms with van der Waals surface area (Å²) in [6.45, 7) is 2.00. The number of ether oxygens (including phenoxy) is 2. The number of carbonyl (C=O) groups is 1. The highest BCUT2D eigenvalue weighted by atomic mass is 79.9. The smallest absolute Gasteiger partial charge is 0.318 e. The molecule has 0 saturated carbocycles. The van der Waals surface area contributed by atoms with Crippen LogP contribution in [0.1, 0.15) is 22.8 Å². The van der Waals surface area contributed by atoms with Crippen molar-refractivity contribution in [3.8, 4) is 17.2 Å². The molecule has 0 unspecified atom stereocenters. The van der Waals surface area contributed by atoms with Crippen LogP contribution in [-0.4, -0.2) is 28.6 Å². The molecule has 0 atom stereocenters. The molecule has 0 heterocycles. The molecule has 0 saturated heterocycles. The first-order valence-corrected chi connectivity index (χ1v) is 11.4. The molecule has 1 amide bonds. The van der Waals surface area contributed by atoms with Gasteiger partial charge >= 0.3 is 5.69 Å². The molecule has 3 aromatic carbocycles. The number of hydrogen-bond acceptors (Lipinski definition) is 8. The minimum atomic E-state index is -0.772. The van der Waals surface area contributed by atoms with Crippen molar-refractivity contribution in [1.29, 1.82) is 0 Å². The van der Waals surface area contributed by atoms with Crippen LogP contribution < -0.4 is 14.9 Å². The van der Waals surface area contributed by atoms with Gasteiger partial charge < -0.3 is 9.47 Å². The van der Waals surface area contributed by atoms with Crippen LogP contribution in [0.4, 0.5) is 11.4 Å². The summed E-state index contributed by atoms with van der Waals surface area (Å²) in [7, 11) is 0. The van der Waals surface area contributed by atoms with Crippen molar-refractivity contribution in [3.63, 3.8) is 0 Å². The molecule has 0 aromatic heterocycles. The molecule has 1 N–H and O–H groups in total. The van der Waals surface area contributed by atoms with Gasteiger partial charge in [-0.2, -0.15) is 5.10 Å². The Morgan fingerprint density at radius 3 is 2.49 bits per heavy atom. The van der Waals surface area contributed by atoms with E-state index in [1.54, 1.807) is 43.3 Å². The van der Waals surface area contributed by atoms with Crippen molar-refractivity contribution in [2.24, 2.45) is 5.10 Å². The molecule has 3 rings (SSSR count). The zero-order chi connectivity index (χ0) is 25.5. The Hall–Kier alpha value is -3.84. The molecule has 0 spiro atoms. The van der Waals surface area contributed by atoms with E-state index >= 15 is 0 Å². The number of benzene rings is 3. The number of non-ortho nitro benzene ring substituents is 1. The maximum atomic E-state index is 12.2. The lowest BCUT2D eigenvalue weighted by Crippen LogP contribution is -2.17. The third-order valence-electron chi connectivity index (χ3n) is 4.36. The van der Waals surface area contributed by atoms with Crippen LogP contribution in [0.15, 0.2) is 68.6 Å². The van der Waals surface area contributed by atoms with Crippen LogP contribution in [0.2, 0.25) is 0 Å². The van der Waals surface area contributed by atoms with E-state index in [-0.39, 0.29) is 23.9 Å². The Labute approximate surface area is 215 Å². The van der Waals surface area contributed by atoms with Crippen molar-refractivity contribution < 1.29 is 24.1 Å².